The Kier molecular flexibility index (Phi) is 13.8. The summed E-state index contributed by atoms with van der Waals surface area (Å²) in [5.41, 5.74) is 1.06. The topological polar surface area (TPSA) is 139 Å². The number of nitrogens with zero attached hydrogens (tertiary/aromatic N) is 4. The summed E-state index contributed by atoms with van der Waals surface area (Å²) >= 11 is 12.6. The number of fused-ring (bicyclic) bond motifs is 2. The molecule has 19 heteroatoms. The summed E-state index contributed by atoms with van der Waals surface area (Å²) in [5, 5.41) is 0.606. The van der Waals surface area contributed by atoms with Gasteiger partial charge < -0.3 is 23.6 Å². The predicted octanol–water partition coefficient (Wildman–Crippen LogP) is 2.40. The first kappa shape index (κ1) is 41.1. The van der Waals surface area contributed by atoms with Gasteiger partial charge in [0.1, 0.15) is 5.82 Å². The number of hydrogen-bond donors (Lipinski definition) is 0. The van der Waals surface area contributed by atoms with Gasteiger partial charge in [0.2, 0.25) is 5.76 Å². The molecule has 0 unspecified atom stereocenters. The molecule has 0 N–H and O–H groups in total. The number of hydrogen-bond acceptors (Lipinski definition) is 9. The number of aryl methyl sites for hydroxylation is 2. The summed E-state index contributed by atoms with van der Waals surface area (Å²) in [7, 11) is -6.02. The van der Waals surface area contributed by atoms with Gasteiger partial charge >= 0.3 is 41.6 Å². The molecule has 2 heterocycles. The van der Waals surface area contributed by atoms with Crippen molar-refractivity contribution in [3.05, 3.63) is 81.9 Å². The zero-order valence-electron chi connectivity index (χ0n) is 27.0. The monoisotopic (exact) mass is 774 g/mol. The SMILES string of the molecule is CCN1\C(=C/C=C/C=C(\OC)c2n(CCCS(=O)(=O)[O-])c3cc(C(F)(F)F)ccc3[n+]2C)N(CCCS(=O)(=O)[O-])c2cc(Cl)c(Cl)cc21.[Na+]. The number of methoxy groups -OCH3 is 1. The average Bonchev–Trinajstić information content (AvgIpc) is 3.41. The van der Waals surface area contributed by atoms with Crippen LogP contribution >= 0.6 is 23.2 Å². The maximum atomic E-state index is 13.6. The Hall–Kier alpha value is -2.28. The first-order valence-corrected chi connectivity index (χ1v) is 18.4. The van der Waals surface area contributed by atoms with Gasteiger partial charge in [0.15, 0.2) is 11.0 Å². The molecule has 0 atom stereocenters. The third-order valence-electron chi connectivity index (χ3n) is 7.59. The quantitative estimate of drug-likeness (QED) is 0.0843. The summed E-state index contributed by atoms with van der Waals surface area (Å²) in [4.78, 5) is 3.74. The van der Waals surface area contributed by atoms with Crippen LogP contribution in [0.25, 0.3) is 16.8 Å². The van der Waals surface area contributed by atoms with E-state index in [1.165, 1.54) is 17.7 Å². The molecule has 3 aromatic rings. The molecule has 262 valence electrons. The molecule has 0 radical (unpaired) electrons. The molecule has 49 heavy (non-hydrogen) atoms. The number of anilines is 2. The van der Waals surface area contributed by atoms with Crippen molar-refractivity contribution >= 4 is 71.6 Å². The molecule has 11 nitrogen and oxygen atoms in total. The molecule has 0 aliphatic carbocycles. The van der Waals surface area contributed by atoms with Crippen LogP contribution in [0.2, 0.25) is 10.0 Å². The Balaban J connectivity index is 0.00000650. The molecule has 0 spiro atoms. The van der Waals surface area contributed by atoms with E-state index in [1.807, 2.05) is 16.7 Å². The van der Waals surface area contributed by atoms with Crippen LogP contribution in [0.4, 0.5) is 24.5 Å². The van der Waals surface area contributed by atoms with E-state index in [9.17, 15) is 39.1 Å². The number of halogens is 5. The normalized spacial score (nSPS) is 15.1. The van der Waals surface area contributed by atoms with Gasteiger partial charge in [-0.25, -0.2) is 26.0 Å². The number of rotatable bonds is 13. The minimum absolute atomic E-state index is 0. The fraction of sp³-hybridized carbons (Fsp3) is 0.367. The molecule has 1 aliphatic rings. The van der Waals surface area contributed by atoms with Crippen molar-refractivity contribution in [2.75, 3.05) is 41.5 Å². The van der Waals surface area contributed by atoms with E-state index >= 15 is 0 Å². The van der Waals surface area contributed by atoms with Gasteiger partial charge in [-0.1, -0.05) is 35.4 Å². The van der Waals surface area contributed by atoms with Crippen molar-refractivity contribution in [3.8, 4) is 0 Å². The minimum atomic E-state index is -4.63. The standard InChI is InChI=1S/C30H33Cl2F3N4O7S2.Na/c1-4-37-25-18-21(31)22(32)19-26(25)38(13-7-15-47(40,41)42)28(37)10-6-5-9-27(46-3)29-36(2)23-12-11-20(30(33,34)35)17-24(23)39(29)14-8-16-48(43,44)45;/h5-6,9-12,17-19H,4,7-8,13-16H2,1-3H3,(H-,40,41,42,43,44,45);/q;+1/p-1. The number of alkyl halides is 3. The van der Waals surface area contributed by atoms with E-state index in [0.717, 1.165) is 17.8 Å². The van der Waals surface area contributed by atoms with Crippen LogP contribution in [0, 0.1) is 0 Å². The van der Waals surface area contributed by atoms with Gasteiger partial charge in [-0.3, -0.25) is 0 Å². The molecule has 0 fully saturated rings. The molecule has 2 aromatic carbocycles. The second-order valence-corrected chi connectivity index (χ2v) is 14.6. The van der Waals surface area contributed by atoms with E-state index in [2.05, 4.69) is 0 Å². The maximum Gasteiger partial charge on any atom is 1.00 e. The number of aromatic nitrogens is 2. The average molecular weight is 776 g/mol. The second kappa shape index (κ2) is 16.4. The Morgan fingerprint density at radius 1 is 0.939 bits per heavy atom. The zero-order valence-corrected chi connectivity index (χ0v) is 32.1. The summed E-state index contributed by atoms with van der Waals surface area (Å²) in [6.07, 6.45) is 1.86. The largest absolute Gasteiger partial charge is 1.00 e. The third-order valence-corrected chi connectivity index (χ3v) is 9.89. The van der Waals surface area contributed by atoms with Crippen LogP contribution in [-0.4, -0.2) is 62.2 Å². The van der Waals surface area contributed by atoms with Crippen LogP contribution in [0.15, 0.2) is 60.5 Å². The third kappa shape index (κ3) is 9.95. The van der Waals surface area contributed by atoms with E-state index < -0.39 is 43.5 Å². The van der Waals surface area contributed by atoms with Gasteiger partial charge in [-0.15, -0.1) is 0 Å². The van der Waals surface area contributed by atoms with Gasteiger partial charge in [0.05, 0.1) is 67.9 Å². The van der Waals surface area contributed by atoms with Crippen LogP contribution < -0.4 is 43.9 Å². The number of imidazole rings is 1. The van der Waals surface area contributed by atoms with E-state index in [-0.39, 0.29) is 71.8 Å². The van der Waals surface area contributed by atoms with Crippen molar-refractivity contribution in [1.29, 1.82) is 0 Å². The van der Waals surface area contributed by atoms with E-state index in [0.29, 0.717) is 34.4 Å². The molecule has 1 aromatic heterocycles. The Morgan fingerprint density at radius 3 is 2.04 bits per heavy atom. The first-order valence-electron chi connectivity index (χ1n) is 14.5. The fourth-order valence-electron chi connectivity index (χ4n) is 5.55. The second-order valence-electron chi connectivity index (χ2n) is 10.8. The smallest absolute Gasteiger partial charge is 0.748 e. The van der Waals surface area contributed by atoms with Crippen LogP contribution in [0.5, 0.6) is 0 Å². The molecular formula is C30H32Cl2F3N4NaO7S2. The van der Waals surface area contributed by atoms with Crippen molar-refractivity contribution in [2.45, 2.75) is 32.5 Å². The summed E-state index contributed by atoms with van der Waals surface area (Å²) < 4.78 is 117. The van der Waals surface area contributed by atoms with E-state index in [4.69, 9.17) is 27.9 Å². The number of benzene rings is 2. The van der Waals surface area contributed by atoms with Crippen molar-refractivity contribution in [1.82, 2.24) is 4.57 Å². The van der Waals surface area contributed by atoms with Crippen molar-refractivity contribution in [3.63, 3.8) is 0 Å². The maximum absolute atomic E-state index is 13.6. The molecule has 0 amide bonds. The predicted molar refractivity (Wildman–Crippen MR) is 176 cm³/mol. The van der Waals surface area contributed by atoms with Gasteiger partial charge in [0, 0.05) is 30.7 Å². The summed E-state index contributed by atoms with van der Waals surface area (Å²) in [6, 6.07) is 6.55. The molecule has 0 bridgehead atoms. The Bertz CT molecular complexity index is 2020. The van der Waals surface area contributed by atoms with Crippen molar-refractivity contribution < 1.29 is 78.0 Å². The zero-order chi connectivity index (χ0) is 35.6. The van der Waals surface area contributed by atoms with Gasteiger partial charge in [-0.2, -0.15) is 13.2 Å². The fourth-order valence-corrected chi connectivity index (χ4v) is 6.83. The molecule has 1 aliphatic heterocycles. The Morgan fingerprint density at radius 2 is 1.51 bits per heavy atom. The van der Waals surface area contributed by atoms with Crippen LogP contribution in [-0.2, 0) is 44.7 Å². The van der Waals surface area contributed by atoms with E-state index in [1.54, 1.807) is 48.1 Å². The molecule has 0 saturated carbocycles. The minimum Gasteiger partial charge on any atom is -0.748 e. The number of ether oxygens (including phenoxy) is 1. The first-order chi connectivity index (χ1) is 22.4. The molecule has 4 rings (SSSR count). The van der Waals surface area contributed by atoms with Gasteiger partial charge in [0.25, 0.3) is 0 Å². The van der Waals surface area contributed by atoms with Crippen LogP contribution in [0.1, 0.15) is 31.2 Å². The Labute approximate surface area is 315 Å². The molecular weight excluding hydrogens is 743 g/mol. The summed E-state index contributed by atoms with van der Waals surface area (Å²) in [6.45, 7) is 2.48. The van der Waals surface area contributed by atoms with Crippen molar-refractivity contribution in [2.24, 2.45) is 7.05 Å². The molecule has 0 saturated heterocycles. The number of allylic oxidation sites excluding steroid dienone is 4. The summed E-state index contributed by atoms with van der Waals surface area (Å²) in [5.74, 6) is -0.0966. The van der Waals surface area contributed by atoms with Crippen LogP contribution in [0.3, 0.4) is 0 Å². The van der Waals surface area contributed by atoms with Gasteiger partial charge in [-0.05, 0) is 56.2 Å².